The number of nitrogens with zero attached hydrogens (tertiary/aromatic N) is 1. The molecule has 0 radical (unpaired) electrons. The van der Waals surface area contributed by atoms with Gasteiger partial charge in [-0.25, -0.2) is 21.6 Å². The van der Waals surface area contributed by atoms with E-state index in [9.17, 15) is 21.6 Å². The minimum atomic E-state index is -4.23. The van der Waals surface area contributed by atoms with Crippen LogP contribution in [-0.4, -0.2) is 18.8 Å². The van der Waals surface area contributed by atoms with Crippen LogP contribution in [0, 0.1) is 17.5 Å². The van der Waals surface area contributed by atoms with E-state index in [1.54, 1.807) is 12.1 Å². The van der Waals surface area contributed by atoms with Crippen molar-refractivity contribution in [2.45, 2.75) is 30.3 Å². The fourth-order valence-electron chi connectivity index (χ4n) is 2.16. The highest BCUT2D eigenvalue weighted by molar-refractivity contribution is 7.89. The van der Waals surface area contributed by atoms with Gasteiger partial charge in [0.2, 0.25) is 10.0 Å². The first-order chi connectivity index (χ1) is 10.4. The van der Waals surface area contributed by atoms with Crippen molar-refractivity contribution in [3.05, 3.63) is 52.0 Å². The average molecular weight is 347 g/mol. The SMILES string of the molecule is O=S(=O)(c1ccc(F)c(F)c1F)N(Cc1cccs1)C1CC1. The quantitative estimate of drug-likeness (QED) is 0.776. The van der Waals surface area contributed by atoms with Gasteiger partial charge in [-0.2, -0.15) is 4.31 Å². The molecule has 0 bridgehead atoms. The number of hydrogen-bond acceptors (Lipinski definition) is 3. The molecule has 22 heavy (non-hydrogen) atoms. The van der Waals surface area contributed by atoms with E-state index in [1.807, 2.05) is 5.38 Å². The Morgan fingerprint density at radius 2 is 1.86 bits per heavy atom. The summed E-state index contributed by atoms with van der Waals surface area (Å²) in [4.78, 5) is -0.0201. The lowest BCUT2D eigenvalue weighted by Gasteiger charge is -2.21. The van der Waals surface area contributed by atoms with Crippen LogP contribution in [0.5, 0.6) is 0 Å². The second kappa shape index (κ2) is 5.68. The Bertz CT molecular complexity index is 787. The number of sulfonamides is 1. The molecule has 0 atom stereocenters. The molecule has 1 heterocycles. The van der Waals surface area contributed by atoms with Gasteiger partial charge < -0.3 is 0 Å². The molecule has 8 heteroatoms. The molecule has 0 aliphatic heterocycles. The molecule has 3 rings (SSSR count). The van der Waals surface area contributed by atoms with Crippen molar-refractivity contribution < 1.29 is 21.6 Å². The van der Waals surface area contributed by atoms with E-state index >= 15 is 0 Å². The van der Waals surface area contributed by atoms with Gasteiger partial charge in [-0.05, 0) is 36.4 Å². The number of benzene rings is 1. The molecule has 0 N–H and O–H groups in total. The Morgan fingerprint density at radius 3 is 2.45 bits per heavy atom. The summed E-state index contributed by atoms with van der Waals surface area (Å²) in [7, 11) is -4.23. The lowest BCUT2D eigenvalue weighted by atomic mass is 10.3. The van der Waals surface area contributed by atoms with Crippen molar-refractivity contribution in [1.82, 2.24) is 4.31 Å². The maximum Gasteiger partial charge on any atom is 0.246 e. The monoisotopic (exact) mass is 347 g/mol. The average Bonchev–Trinajstić information content (AvgIpc) is 3.17. The Hall–Kier alpha value is -1.38. The molecule has 0 spiro atoms. The Labute approximate surface area is 130 Å². The number of thiophene rings is 1. The lowest BCUT2D eigenvalue weighted by molar-refractivity contribution is 0.390. The van der Waals surface area contributed by atoms with Crippen LogP contribution in [-0.2, 0) is 16.6 Å². The topological polar surface area (TPSA) is 37.4 Å². The summed E-state index contributed by atoms with van der Waals surface area (Å²) in [5.74, 6) is -4.85. The van der Waals surface area contributed by atoms with E-state index in [4.69, 9.17) is 0 Å². The van der Waals surface area contributed by atoms with Gasteiger partial charge >= 0.3 is 0 Å². The number of rotatable bonds is 5. The summed E-state index contributed by atoms with van der Waals surface area (Å²) >= 11 is 1.38. The highest BCUT2D eigenvalue weighted by Gasteiger charge is 2.40. The predicted octanol–water partition coefficient (Wildman–Crippen LogP) is 3.52. The molecule has 1 saturated carbocycles. The van der Waals surface area contributed by atoms with Crippen LogP contribution in [0.15, 0.2) is 34.5 Å². The van der Waals surface area contributed by atoms with Gasteiger partial charge in [0, 0.05) is 17.5 Å². The molecule has 1 fully saturated rings. The van der Waals surface area contributed by atoms with E-state index in [2.05, 4.69) is 0 Å². The van der Waals surface area contributed by atoms with Crippen molar-refractivity contribution in [1.29, 1.82) is 0 Å². The maximum atomic E-state index is 13.9. The van der Waals surface area contributed by atoms with Gasteiger partial charge in [-0.15, -0.1) is 11.3 Å². The van der Waals surface area contributed by atoms with Crippen LogP contribution in [0.1, 0.15) is 17.7 Å². The largest absolute Gasteiger partial charge is 0.246 e. The molecule has 1 aromatic carbocycles. The third kappa shape index (κ3) is 2.78. The molecule has 1 aromatic heterocycles. The maximum absolute atomic E-state index is 13.9. The normalized spacial score (nSPS) is 15.5. The molecule has 118 valence electrons. The van der Waals surface area contributed by atoms with Crippen LogP contribution < -0.4 is 0 Å². The minimum Gasteiger partial charge on any atom is -0.207 e. The summed E-state index contributed by atoms with van der Waals surface area (Å²) in [5, 5.41) is 1.81. The van der Waals surface area contributed by atoms with Crippen LogP contribution in [0.2, 0.25) is 0 Å². The van der Waals surface area contributed by atoms with Crippen molar-refractivity contribution in [3.8, 4) is 0 Å². The van der Waals surface area contributed by atoms with Crippen molar-refractivity contribution >= 4 is 21.4 Å². The van der Waals surface area contributed by atoms with E-state index in [-0.39, 0.29) is 12.6 Å². The van der Waals surface area contributed by atoms with Gasteiger partial charge in [-0.1, -0.05) is 6.07 Å². The van der Waals surface area contributed by atoms with E-state index < -0.39 is 32.4 Å². The zero-order chi connectivity index (χ0) is 15.9. The van der Waals surface area contributed by atoms with Crippen LogP contribution >= 0.6 is 11.3 Å². The molecule has 0 saturated heterocycles. The van der Waals surface area contributed by atoms with Crippen molar-refractivity contribution in [3.63, 3.8) is 0 Å². The van der Waals surface area contributed by atoms with Crippen molar-refractivity contribution in [2.24, 2.45) is 0 Å². The predicted molar refractivity (Wildman–Crippen MR) is 76.4 cm³/mol. The molecule has 0 amide bonds. The highest BCUT2D eigenvalue weighted by atomic mass is 32.2. The summed E-state index contributed by atoms with van der Waals surface area (Å²) in [5.41, 5.74) is 0. The first-order valence-corrected chi connectivity index (χ1v) is 8.91. The Balaban J connectivity index is 2.01. The van der Waals surface area contributed by atoms with Crippen LogP contribution in [0.25, 0.3) is 0 Å². The zero-order valence-corrected chi connectivity index (χ0v) is 12.9. The lowest BCUT2D eigenvalue weighted by Crippen LogP contribution is -2.33. The van der Waals surface area contributed by atoms with Gasteiger partial charge in [0.25, 0.3) is 0 Å². The summed E-state index contributed by atoms with van der Waals surface area (Å²) in [6.45, 7) is 0.100. The van der Waals surface area contributed by atoms with Gasteiger partial charge in [0.1, 0.15) is 4.90 Å². The number of halogens is 3. The summed E-state index contributed by atoms with van der Waals surface area (Å²) in [6.07, 6.45) is 1.35. The molecule has 3 nitrogen and oxygen atoms in total. The molecular weight excluding hydrogens is 335 g/mol. The molecule has 0 unspecified atom stereocenters. The fraction of sp³-hybridized carbons (Fsp3) is 0.286. The highest BCUT2D eigenvalue weighted by Crippen LogP contribution is 2.35. The minimum absolute atomic E-state index is 0.100. The molecular formula is C14H12F3NO2S2. The van der Waals surface area contributed by atoms with E-state index in [1.165, 1.54) is 11.3 Å². The van der Waals surface area contributed by atoms with E-state index in [0.717, 1.165) is 15.2 Å². The second-order valence-electron chi connectivity index (χ2n) is 5.03. The fourth-order valence-corrected chi connectivity index (χ4v) is 4.67. The smallest absolute Gasteiger partial charge is 0.207 e. The molecule has 1 aliphatic rings. The van der Waals surface area contributed by atoms with Crippen LogP contribution in [0.4, 0.5) is 13.2 Å². The van der Waals surface area contributed by atoms with Crippen molar-refractivity contribution in [2.75, 3.05) is 0 Å². The Kier molecular flexibility index (Phi) is 4.00. The third-order valence-electron chi connectivity index (χ3n) is 3.43. The van der Waals surface area contributed by atoms with E-state index in [0.29, 0.717) is 18.9 Å². The molecule has 2 aromatic rings. The number of hydrogen-bond donors (Lipinski definition) is 0. The second-order valence-corrected chi connectivity index (χ2v) is 7.93. The van der Waals surface area contributed by atoms with Gasteiger partial charge in [0.05, 0.1) is 0 Å². The molecule has 1 aliphatic carbocycles. The summed E-state index contributed by atoms with van der Waals surface area (Å²) < 4.78 is 66.6. The first-order valence-electron chi connectivity index (χ1n) is 6.59. The zero-order valence-electron chi connectivity index (χ0n) is 11.3. The Morgan fingerprint density at radius 1 is 1.14 bits per heavy atom. The van der Waals surface area contributed by atoms with Crippen LogP contribution in [0.3, 0.4) is 0 Å². The van der Waals surface area contributed by atoms with Gasteiger partial charge in [0.15, 0.2) is 17.5 Å². The van der Waals surface area contributed by atoms with Gasteiger partial charge in [-0.3, -0.25) is 0 Å². The standard InChI is InChI=1S/C14H12F3NO2S2/c15-11-5-6-12(14(17)13(11)16)22(19,20)18(9-3-4-9)8-10-2-1-7-21-10/h1-2,5-7,9H,3-4,8H2. The first kappa shape index (κ1) is 15.5. The summed E-state index contributed by atoms with van der Waals surface area (Å²) in [6, 6.07) is 4.74. The third-order valence-corrected chi connectivity index (χ3v) is 6.21.